The first-order valence-electron chi connectivity index (χ1n) is 5.70. The first-order chi connectivity index (χ1) is 7.30. The second kappa shape index (κ2) is 5.55. The largest absolute Gasteiger partial charge is 0.0843 e. The molecule has 0 saturated carbocycles. The highest BCUT2D eigenvalue weighted by Crippen LogP contribution is 2.37. The van der Waals surface area contributed by atoms with Gasteiger partial charge in [-0.3, -0.25) is 0 Å². The van der Waals surface area contributed by atoms with Crippen LogP contribution >= 0.6 is 27.5 Å². The zero-order valence-electron chi connectivity index (χ0n) is 10.4. The minimum atomic E-state index is 0.360. The second-order valence-electron chi connectivity index (χ2n) is 5.52. The third-order valence-electron chi connectivity index (χ3n) is 3.27. The fourth-order valence-electron chi connectivity index (χ4n) is 1.47. The third kappa shape index (κ3) is 4.10. The molecule has 0 aliphatic rings. The van der Waals surface area contributed by atoms with Gasteiger partial charge in [0.15, 0.2) is 0 Å². The Bertz CT molecular complexity index is 324. The number of hydrogen-bond acceptors (Lipinski definition) is 0. The second-order valence-corrected chi connectivity index (χ2v) is 7.06. The normalized spacial score (nSPS) is 15.9. The summed E-state index contributed by atoms with van der Waals surface area (Å²) >= 11 is 9.64. The van der Waals surface area contributed by atoms with Crippen LogP contribution in [0, 0.1) is 11.3 Å². The van der Waals surface area contributed by atoms with Gasteiger partial charge in [-0.25, -0.2) is 0 Å². The van der Waals surface area contributed by atoms with E-state index in [2.05, 4.69) is 55.8 Å². The lowest BCUT2D eigenvalue weighted by molar-refractivity contribution is 0.246. The summed E-state index contributed by atoms with van der Waals surface area (Å²) in [5.74, 6) is 0.674. The molecule has 0 amide bonds. The Labute approximate surface area is 113 Å². The molecule has 0 heterocycles. The number of halogens is 2. The SMILES string of the molecule is CC(CC(Br)c1ccc(Cl)cc1)C(C)(C)C. The minimum absolute atomic E-state index is 0.360. The van der Waals surface area contributed by atoms with Crippen molar-refractivity contribution < 1.29 is 0 Å². The standard InChI is InChI=1S/C14H20BrCl/c1-10(14(2,3)4)9-13(15)11-5-7-12(16)8-6-11/h5-8,10,13H,9H2,1-4H3. The van der Waals surface area contributed by atoms with E-state index >= 15 is 0 Å². The molecule has 0 aliphatic heterocycles. The molecule has 1 rings (SSSR count). The number of rotatable bonds is 3. The molecule has 0 saturated heterocycles. The zero-order valence-corrected chi connectivity index (χ0v) is 12.8. The summed E-state index contributed by atoms with van der Waals surface area (Å²) in [6, 6.07) is 8.09. The van der Waals surface area contributed by atoms with Crippen molar-refractivity contribution in [2.24, 2.45) is 11.3 Å². The van der Waals surface area contributed by atoms with Crippen molar-refractivity contribution in [2.75, 3.05) is 0 Å². The van der Waals surface area contributed by atoms with Crippen molar-refractivity contribution >= 4 is 27.5 Å². The summed E-state index contributed by atoms with van der Waals surface area (Å²) in [4.78, 5) is 0.416. The predicted molar refractivity (Wildman–Crippen MR) is 76.4 cm³/mol. The smallest absolute Gasteiger partial charge is 0.0406 e. The molecular formula is C14H20BrCl. The van der Waals surface area contributed by atoms with E-state index in [1.807, 2.05) is 12.1 Å². The average molecular weight is 304 g/mol. The molecule has 2 unspecified atom stereocenters. The zero-order chi connectivity index (χ0) is 12.3. The van der Waals surface area contributed by atoms with Gasteiger partial charge in [0.05, 0.1) is 0 Å². The highest BCUT2D eigenvalue weighted by atomic mass is 79.9. The molecule has 0 bridgehead atoms. The molecule has 16 heavy (non-hydrogen) atoms. The summed E-state index contributed by atoms with van der Waals surface area (Å²) in [5, 5.41) is 0.798. The van der Waals surface area contributed by atoms with Crippen LogP contribution in [0.3, 0.4) is 0 Å². The van der Waals surface area contributed by atoms with Gasteiger partial charge in [0, 0.05) is 9.85 Å². The first kappa shape index (κ1) is 14.1. The maximum atomic E-state index is 5.88. The summed E-state index contributed by atoms with van der Waals surface area (Å²) in [5.41, 5.74) is 1.67. The van der Waals surface area contributed by atoms with Crippen molar-refractivity contribution in [3.63, 3.8) is 0 Å². The molecule has 90 valence electrons. The monoisotopic (exact) mass is 302 g/mol. The van der Waals surface area contributed by atoms with Gasteiger partial charge in [0.25, 0.3) is 0 Å². The van der Waals surface area contributed by atoms with Crippen LogP contribution in [-0.4, -0.2) is 0 Å². The van der Waals surface area contributed by atoms with E-state index < -0.39 is 0 Å². The molecule has 2 heteroatoms. The summed E-state index contributed by atoms with van der Waals surface area (Å²) in [6.07, 6.45) is 1.14. The molecule has 2 atom stereocenters. The predicted octanol–water partition coefficient (Wildman–Crippen LogP) is 5.85. The van der Waals surface area contributed by atoms with Crippen molar-refractivity contribution in [1.29, 1.82) is 0 Å². The van der Waals surface area contributed by atoms with Crippen LogP contribution in [0.4, 0.5) is 0 Å². The van der Waals surface area contributed by atoms with E-state index in [1.54, 1.807) is 0 Å². The topological polar surface area (TPSA) is 0 Å². The first-order valence-corrected chi connectivity index (χ1v) is 6.99. The third-order valence-corrected chi connectivity index (χ3v) is 4.43. The van der Waals surface area contributed by atoms with Crippen LogP contribution in [0.15, 0.2) is 24.3 Å². The molecule has 0 nitrogen and oxygen atoms in total. The molecule has 0 radical (unpaired) electrons. The quantitative estimate of drug-likeness (QED) is 0.615. The maximum Gasteiger partial charge on any atom is 0.0406 e. The Morgan fingerprint density at radius 2 is 1.69 bits per heavy atom. The van der Waals surface area contributed by atoms with Crippen LogP contribution in [-0.2, 0) is 0 Å². The maximum absolute atomic E-state index is 5.88. The van der Waals surface area contributed by atoms with E-state index in [9.17, 15) is 0 Å². The number of benzene rings is 1. The van der Waals surface area contributed by atoms with Gasteiger partial charge in [-0.1, -0.05) is 67.4 Å². The molecule has 0 spiro atoms. The van der Waals surface area contributed by atoms with Crippen molar-refractivity contribution in [1.82, 2.24) is 0 Å². The van der Waals surface area contributed by atoms with Crippen molar-refractivity contribution in [2.45, 2.75) is 38.9 Å². The van der Waals surface area contributed by atoms with Gasteiger partial charge < -0.3 is 0 Å². The Balaban J connectivity index is 2.65. The van der Waals surface area contributed by atoms with E-state index in [0.717, 1.165) is 11.4 Å². The Morgan fingerprint density at radius 1 is 1.19 bits per heavy atom. The molecular weight excluding hydrogens is 284 g/mol. The van der Waals surface area contributed by atoms with E-state index in [4.69, 9.17) is 11.6 Å². The summed E-state index contributed by atoms with van der Waals surface area (Å²) in [6.45, 7) is 9.18. The van der Waals surface area contributed by atoms with Gasteiger partial charge in [0.2, 0.25) is 0 Å². The van der Waals surface area contributed by atoms with Gasteiger partial charge in [-0.2, -0.15) is 0 Å². The lowest BCUT2D eigenvalue weighted by atomic mass is 9.79. The average Bonchev–Trinajstić information content (AvgIpc) is 2.17. The number of alkyl halides is 1. The van der Waals surface area contributed by atoms with Crippen molar-refractivity contribution in [3.8, 4) is 0 Å². The fourth-order valence-corrected chi connectivity index (χ4v) is 2.46. The van der Waals surface area contributed by atoms with Crippen LogP contribution in [0.25, 0.3) is 0 Å². The Kier molecular flexibility index (Phi) is 4.88. The van der Waals surface area contributed by atoms with Gasteiger partial charge in [-0.05, 0) is 35.4 Å². The summed E-state index contributed by atoms with van der Waals surface area (Å²) < 4.78 is 0. The summed E-state index contributed by atoms with van der Waals surface area (Å²) in [7, 11) is 0. The van der Waals surface area contributed by atoms with Crippen LogP contribution in [0.2, 0.25) is 5.02 Å². The number of hydrogen-bond donors (Lipinski definition) is 0. The van der Waals surface area contributed by atoms with E-state index in [1.165, 1.54) is 5.56 Å². The fraction of sp³-hybridized carbons (Fsp3) is 0.571. The lowest BCUT2D eigenvalue weighted by Crippen LogP contribution is -2.18. The van der Waals surface area contributed by atoms with Gasteiger partial charge in [0.1, 0.15) is 0 Å². The minimum Gasteiger partial charge on any atom is -0.0843 e. The van der Waals surface area contributed by atoms with E-state index in [-0.39, 0.29) is 0 Å². The van der Waals surface area contributed by atoms with Crippen LogP contribution in [0.1, 0.15) is 44.5 Å². The van der Waals surface area contributed by atoms with Gasteiger partial charge >= 0.3 is 0 Å². The molecule has 0 N–H and O–H groups in total. The van der Waals surface area contributed by atoms with E-state index in [0.29, 0.717) is 16.2 Å². The van der Waals surface area contributed by atoms with Crippen molar-refractivity contribution in [3.05, 3.63) is 34.9 Å². The van der Waals surface area contributed by atoms with Crippen LogP contribution in [0.5, 0.6) is 0 Å². The molecule has 0 aliphatic carbocycles. The Morgan fingerprint density at radius 3 is 2.12 bits per heavy atom. The Hall–Kier alpha value is -0.0100. The highest BCUT2D eigenvalue weighted by Gasteiger charge is 2.23. The molecule has 0 fully saturated rings. The highest BCUT2D eigenvalue weighted by molar-refractivity contribution is 9.09. The molecule has 0 aromatic heterocycles. The van der Waals surface area contributed by atoms with Crippen LogP contribution < -0.4 is 0 Å². The molecule has 1 aromatic carbocycles. The van der Waals surface area contributed by atoms with Gasteiger partial charge in [-0.15, -0.1) is 0 Å². The molecule has 1 aromatic rings. The lowest BCUT2D eigenvalue weighted by Gasteiger charge is -2.29.